The van der Waals surface area contributed by atoms with Crippen molar-refractivity contribution in [1.29, 1.82) is 0 Å². The maximum atomic E-state index is 5.93. The predicted molar refractivity (Wildman–Crippen MR) is 87.8 cm³/mol. The van der Waals surface area contributed by atoms with Crippen molar-refractivity contribution >= 4 is 23.4 Å². The molecule has 2 heterocycles. The summed E-state index contributed by atoms with van der Waals surface area (Å²) >= 11 is 7.67. The lowest BCUT2D eigenvalue weighted by molar-refractivity contribution is 0.789. The van der Waals surface area contributed by atoms with Crippen LogP contribution >= 0.6 is 23.4 Å². The van der Waals surface area contributed by atoms with E-state index in [9.17, 15) is 0 Å². The van der Waals surface area contributed by atoms with Crippen molar-refractivity contribution in [3.63, 3.8) is 0 Å². The third-order valence-corrected chi connectivity index (χ3v) is 4.70. The van der Waals surface area contributed by atoms with E-state index < -0.39 is 0 Å². The van der Waals surface area contributed by atoms with Crippen LogP contribution in [0.5, 0.6) is 0 Å². The minimum Gasteiger partial charge on any atom is -0.364 e. The van der Waals surface area contributed by atoms with Crippen molar-refractivity contribution in [3.8, 4) is 0 Å². The number of nitrogens with zero attached hydrogens (tertiary/aromatic N) is 2. The summed E-state index contributed by atoms with van der Waals surface area (Å²) in [6.45, 7) is 0. The number of nitrogens with one attached hydrogen (secondary N) is 1. The van der Waals surface area contributed by atoms with Crippen molar-refractivity contribution in [1.82, 2.24) is 14.5 Å². The molecule has 0 amide bonds. The Hall–Kier alpha value is -1.65. The molecule has 0 saturated carbocycles. The minimum absolute atomic E-state index is 0.776. The van der Waals surface area contributed by atoms with Gasteiger partial charge < -0.3 is 9.55 Å². The zero-order valence-corrected chi connectivity index (χ0v) is 13.3. The third kappa shape index (κ3) is 3.52. The lowest BCUT2D eigenvalue weighted by Gasteiger charge is -2.05. The van der Waals surface area contributed by atoms with Gasteiger partial charge in [-0.05, 0) is 35.7 Å². The van der Waals surface area contributed by atoms with Crippen LogP contribution in [0.25, 0.3) is 0 Å². The summed E-state index contributed by atoms with van der Waals surface area (Å²) < 4.78 is 2.03. The standard InChI is InChI=1S/C16H16ClN3S/c1-20-9-8-19-16(20)21-11-15-13(6-7-18-15)10-12-2-4-14(17)5-3-12/h2-9,18H,10-11H2,1H3. The second-order valence-electron chi connectivity index (χ2n) is 4.89. The molecular formula is C16H16ClN3S. The molecule has 1 N–H and O–H groups in total. The van der Waals surface area contributed by atoms with Crippen molar-refractivity contribution in [3.05, 3.63) is 70.8 Å². The third-order valence-electron chi connectivity index (χ3n) is 3.36. The van der Waals surface area contributed by atoms with E-state index in [1.165, 1.54) is 16.8 Å². The van der Waals surface area contributed by atoms with Crippen LogP contribution in [-0.2, 0) is 19.2 Å². The van der Waals surface area contributed by atoms with Crippen LogP contribution in [-0.4, -0.2) is 14.5 Å². The van der Waals surface area contributed by atoms with Gasteiger partial charge in [-0.25, -0.2) is 4.98 Å². The molecule has 0 aliphatic rings. The van der Waals surface area contributed by atoms with E-state index in [2.05, 4.69) is 28.2 Å². The van der Waals surface area contributed by atoms with Gasteiger partial charge in [-0.1, -0.05) is 35.5 Å². The van der Waals surface area contributed by atoms with E-state index in [0.29, 0.717) is 0 Å². The first kappa shape index (κ1) is 14.3. The first-order chi connectivity index (χ1) is 10.2. The summed E-state index contributed by atoms with van der Waals surface area (Å²) in [4.78, 5) is 7.67. The summed E-state index contributed by atoms with van der Waals surface area (Å²) in [6, 6.07) is 10.2. The Morgan fingerprint density at radius 3 is 2.76 bits per heavy atom. The molecule has 3 aromatic rings. The lowest BCUT2D eigenvalue weighted by Crippen LogP contribution is -1.94. The fourth-order valence-electron chi connectivity index (χ4n) is 2.19. The van der Waals surface area contributed by atoms with E-state index >= 15 is 0 Å². The molecule has 0 unspecified atom stereocenters. The van der Waals surface area contributed by atoms with Crippen molar-refractivity contribution in [2.45, 2.75) is 17.3 Å². The Labute approximate surface area is 133 Å². The van der Waals surface area contributed by atoms with Gasteiger partial charge in [-0.2, -0.15) is 0 Å². The summed E-state index contributed by atoms with van der Waals surface area (Å²) in [5, 5.41) is 1.81. The molecule has 108 valence electrons. The molecule has 0 saturated heterocycles. The number of rotatable bonds is 5. The number of aryl methyl sites for hydroxylation is 1. The zero-order chi connectivity index (χ0) is 14.7. The molecule has 0 aliphatic heterocycles. The number of H-pyrrole nitrogens is 1. The van der Waals surface area contributed by atoms with Crippen LogP contribution in [0.1, 0.15) is 16.8 Å². The molecule has 3 nitrogen and oxygen atoms in total. The second kappa shape index (κ2) is 6.41. The quantitative estimate of drug-likeness (QED) is 0.712. The number of halogens is 1. The van der Waals surface area contributed by atoms with Crippen molar-refractivity contribution < 1.29 is 0 Å². The fraction of sp³-hybridized carbons (Fsp3) is 0.188. The highest BCUT2D eigenvalue weighted by Crippen LogP contribution is 2.23. The molecule has 0 radical (unpaired) electrons. The molecule has 21 heavy (non-hydrogen) atoms. The second-order valence-corrected chi connectivity index (χ2v) is 6.27. The van der Waals surface area contributed by atoms with Gasteiger partial charge in [0.2, 0.25) is 0 Å². The van der Waals surface area contributed by atoms with Gasteiger partial charge >= 0.3 is 0 Å². The largest absolute Gasteiger partial charge is 0.364 e. The number of aromatic nitrogens is 3. The van der Waals surface area contributed by atoms with E-state index in [4.69, 9.17) is 11.6 Å². The van der Waals surface area contributed by atoms with Crippen LogP contribution in [0.15, 0.2) is 54.1 Å². The molecule has 0 bridgehead atoms. The fourth-order valence-corrected chi connectivity index (χ4v) is 3.25. The Kier molecular flexibility index (Phi) is 4.36. The average Bonchev–Trinajstić information content (AvgIpc) is 3.08. The smallest absolute Gasteiger partial charge is 0.168 e. The van der Waals surface area contributed by atoms with Gasteiger partial charge in [0.05, 0.1) is 0 Å². The lowest BCUT2D eigenvalue weighted by atomic mass is 10.1. The van der Waals surface area contributed by atoms with Gasteiger partial charge in [0.15, 0.2) is 5.16 Å². The normalized spacial score (nSPS) is 11.0. The highest BCUT2D eigenvalue weighted by Gasteiger charge is 2.07. The summed E-state index contributed by atoms with van der Waals surface area (Å²) in [5.41, 5.74) is 3.83. The first-order valence-corrected chi connectivity index (χ1v) is 8.08. The van der Waals surface area contributed by atoms with Gasteiger partial charge in [-0.3, -0.25) is 0 Å². The zero-order valence-electron chi connectivity index (χ0n) is 11.7. The highest BCUT2D eigenvalue weighted by molar-refractivity contribution is 7.98. The van der Waals surface area contributed by atoms with Gasteiger partial charge in [0.1, 0.15) is 0 Å². The van der Waals surface area contributed by atoms with Crippen LogP contribution < -0.4 is 0 Å². The summed E-state index contributed by atoms with van der Waals surface area (Å²) in [7, 11) is 2.01. The SMILES string of the molecule is Cn1ccnc1SCc1[nH]ccc1Cc1ccc(Cl)cc1. The van der Waals surface area contributed by atoms with E-state index in [-0.39, 0.29) is 0 Å². The van der Waals surface area contributed by atoms with E-state index in [1.54, 1.807) is 11.8 Å². The molecule has 5 heteroatoms. The van der Waals surface area contributed by atoms with Crippen LogP contribution in [0, 0.1) is 0 Å². The number of imidazole rings is 1. The minimum atomic E-state index is 0.776. The maximum Gasteiger partial charge on any atom is 0.168 e. The molecule has 0 fully saturated rings. The Morgan fingerprint density at radius 1 is 1.24 bits per heavy atom. The molecular weight excluding hydrogens is 302 g/mol. The van der Waals surface area contributed by atoms with Crippen molar-refractivity contribution in [2.75, 3.05) is 0 Å². The molecule has 2 aromatic heterocycles. The molecule has 3 rings (SSSR count). The highest BCUT2D eigenvalue weighted by atomic mass is 35.5. The Morgan fingerprint density at radius 2 is 2.05 bits per heavy atom. The number of hydrogen-bond acceptors (Lipinski definition) is 2. The molecule has 0 spiro atoms. The topological polar surface area (TPSA) is 33.6 Å². The molecule has 0 atom stereocenters. The average molecular weight is 318 g/mol. The summed E-state index contributed by atoms with van der Waals surface area (Å²) in [6.07, 6.45) is 6.70. The predicted octanol–water partition coefficient (Wildman–Crippen LogP) is 4.28. The monoisotopic (exact) mass is 317 g/mol. The Balaban J connectivity index is 1.69. The van der Waals surface area contributed by atoms with Gasteiger partial charge in [-0.15, -0.1) is 0 Å². The summed E-state index contributed by atoms with van der Waals surface area (Å²) in [5.74, 6) is 0.890. The number of thioether (sulfide) groups is 1. The first-order valence-electron chi connectivity index (χ1n) is 6.72. The number of hydrogen-bond donors (Lipinski definition) is 1. The number of benzene rings is 1. The van der Waals surface area contributed by atoms with Crippen LogP contribution in [0.4, 0.5) is 0 Å². The maximum absolute atomic E-state index is 5.93. The molecule has 1 aromatic carbocycles. The van der Waals surface area contributed by atoms with E-state index in [1.807, 2.05) is 42.3 Å². The van der Waals surface area contributed by atoms with Gasteiger partial charge in [0, 0.05) is 42.1 Å². The Bertz CT molecular complexity index is 715. The van der Waals surface area contributed by atoms with Crippen LogP contribution in [0.3, 0.4) is 0 Å². The van der Waals surface area contributed by atoms with Gasteiger partial charge in [0.25, 0.3) is 0 Å². The number of aromatic amines is 1. The van der Waals surface area contributed by atoms with E-state index in [0.717, 1.165) is 22.4 Å². The van der Waals surface area contributed by atoms with Crippen molar-refractivity contribution in [2.24, 2.45) is 7.05 Å². The van der Waals surface area contributed by atoms with Crippen LogP contribution in [0.2, 0.25) is 5.02 Å². The molecule has 0 aliphatic carbocycles.